The minimum atomic E-state index is -0.137. The smallest absolute Gasteiger partial charge is 0.324 e. The van der Waals surface area contributed by atoms with Crippen LogP contribution in [0.3, 0.4) is 0 Å². The number of likely N-dealkylation sites (N-methyl/N-ethyl adjacent to an activating group) is 2. The fourth-order valence-electron chi connectivity index (χ4n) is 5.70. The van der Waals surface area contributed by atoms with Gasteiger partial charge in [0.2, 0.25) is 0 Å². The number of aromatic nitrogens is 1. The minimum Gasteiger partial charge on any atom is -0.353 e. The summed E-state index contributed by atoms with van der Waals surface area (Å²) in [5, 5.41) is 0. The van der Waals surface area contributed by atoms with E-state index in [0.29, 0.717) is 75.2 Å². The number of benzene rings is 1. The number of amides is 5. The molecule has 5 amide bonds. The number of urea groups is 2. The number of carbonyl (C=O) groups excluding carboxylic acids is 3. The predicted octanol–water partition coefficient (Wildman–Crippen LogP) is 2.97. The van der Waals surface area contributed by atoms with E-state index in [-0.39, 0.29) is 18.0 Å². The van der Waals surface area contributed by atoms with Crippen LogP contribution < -0.4 is 14.7 Å². The zero-order valence-electron chi connectivity index (χ0n) is 22.4. The monoisotopic (exact) mass is 517 g/mol. The first-order valence-corrected chi connectivity index (χ1v) is 13.5. The molecule has 38 heavy (non-hydrogen) atoms. The molecule has 3 aliphatic heterocycles. The Kier molecular flexibility index (Phi) is 6.12. The molecule has 1 aliphatic carbocycles. The first-order chi connectivity index (χ1) is 18.3. The Morgan fingerprint density at radius 2 is 1.50 bits per heavy atom. The van der Waals surface area contributed by atoms with Crippen molar-refractivity contribution in [2.24, 2.45) is 0 Å². The van der Waals surface area contributed by atoms with Crippen molar-refractivity contribution in [2.45, 2.75) is 25.7 Å². The number of anilines is 3. The molecule has 4 heterocycles. The molecule has 0 atom stereocenters. The normalized spacial score (nSPS) is 20.3. The molecule has 200 valence electrons. The topological polar surface area (TPSA) is 83.5 Å². The zero-order valence-corrected chi connectivity index (χ0v) is 22.4. The van der Waals surface area contributed by atoms with Gasteiger partial charge in [-0.3, -0.25) is 14.6 Å². The summed E-state index contributed by atoms with van der Waals surface area (Å²) in [4.78, 5) is 54.9. The molecule has 1 saturated carbocycles. The average molecular weight is 518 g/mol. The van der Waals surface area contributed by atoms with Gasteiger partial charge < -0.3 is 19.6 Å². The summed E-state index contributed by atoms with van der Waals surface area (Å²) in [6.07, 6.45) is 4.53. The highest BCUT2D eigenvalue weighted by Crippen LogP contribution is 2.40. The van der Waals surface area contributed by atoms with E-state index in [1.807, 2.05) is 23.2 Å². The first-order valence-electron chi connectivity index (χ1n) is 13.5. The second-order valence-corrected chi connectivity index (χ2v) is 10.9. The number of aryl methyl sites for hydroxylation is 1. The molecule has 1 aromatic heterocycles. The van der Waals surface area contributed by atoms with Gasteiger partial charge in [-0.2, -0.15) is 0 Å². The third kappa shape index (κ3) is 4.31. The summed E-state index contributed by atoms with van der Waals surface area (Å²) >= 11 is 0. The summed E-state index contributed by atoms with van der Waals surface area (Å²) < 4.78 is 0. The lowest BCUT2D eigenvalue weighted by Gasteiger charge is -2.36. The standard InChI is InChI=1S/C28H35N7O3/c1-19-16-21(20-4-5-20)18-29-25(19)32-10-12-33(13-11-32)26(36)23-7-6-22(34-14-8-30(2)27(34)37)17-24(23)35-15-9-31(3)28(35)38/h6-7,16-18,20H,4-5,8-15H2,1-3H3. The van der Waals surface area contributed by atoms with Crippen LogP contribution in [0.4, 0.5) is 26.8 Å². The highest BCUT2D eigenvalue weighted by molar-refractivity contribution is 6.06. The van der Waals surface area contributed by atoms with Crippen LogP contribution in [0.5, 0.6) is 0 Å². The van der Waals surface area contributed by atoms with Crippen molar-refractivity contribution >= 4 is 35.2 Å². The maximum atomic E-state index is 13.8. The molecule has 4 fully saturated rings. The molecular weight excluding hydrogens is 482 g/mol. The van der Waals surface area contributed by atoms with E-state index in [1.165, 1.54) is 24.0 Å². The van der Waals surface area contributed by atoms with E-state index in [1.54, 1.807) is 39.8 Å². The third-order valence-corrected chi connectivity index (χ3v) is 8.23. The van der Waals surface area contributed by atoms with Crippen molar-refractivity contribution in [2.75, 3.05) is 81.2 Å². The van der Waals surface area contributed by atoms with E-state index in [0.717, 1.165) is 5.82 Å². The van der Waals surface area contributed by atoms with Gasteiger partial charge in [0.15, 0.2) is 0 Å². The van der Waals surface area contributed by atoms with E-state index >= 15 is 0 Å². The van der Waals surface area contributed by atoms with Crippen molar-refractivity contribution in [3.05, 3.63) is 47.2 Å². The Labute approximate surface area is 223 Å². The number of piperazine rings is 1. The second-order valence-electron chi connectivity index (χ2n) is 10.9. The fourth-order valence-corrected chi connectivity index (χ4v) is 5.70. The Balaban J connectivity index is 1.22. The largest absolute Gasteiger partial charge is 0.353 e. The number of pyridine rings is 1. The Hall–Kier alpha value is -3.82. The quantitative estimate of drug-likeness (QED) is 0.609. The van der Waals surface area contributed by atoms with Crippen molar-refractivity contribution in [3.8, 4) is 0 Å². The molecular formula is C28H35N7O3. The summed E-state index contributed by atoms with van der Waals surface area (Å²) in [5.41, 5.74) is 4.29. The lowest BCUT2D eigenvalue weighted by atomic mass is 10.1. The molecule has 0 unspecified atom stereocenters. The first kappa shape index (κ1) is 24.5. The van der Waals surface area contributed by atoms with Gasteiger partial charge >= 0.3 is 12.1 Å². The highest BCUT2D eigenvalue weighted by Gasteiger charge is 2.34. The predicted molar refractivity (Wildman–Crippen MR) is 146 cm³/mol. The van der Waals surface area contributed by atoms with E-state index in [2.05, 4.69) is 17.9 Å². The van der Waals surface area contributed by atoms with Gasteiger partial charge in [0.1, 0.15) is 5.82 Å². The molecule has 0 bridgehead atoms. The zero-order chi connectivity index (χ0) is 26.6. The molecule has 3 saturated heterocycles. The molecule has 4 aliphatic rings. The fraction of sp³-hybridized carbons (Fsp3) is 0.500. The molecule has 10 heteroatoms. The number of rotatable bonds is 5. The molecule has 0 spiro atoms. The van der Waals surface area contributed by atoms with Crippen LogP contribution in [0, 0.1) is 6.92 Å². The van der Waals surface area contributed by atoms with E-state index < -0.39 is 0 Å². The van der Waals surface area contributed by atoms with Gasteiger partial charge in [-0.05, 0) is 55.0 Å². The SMILES string of the molecule is Cc1cc(C2CC2)cnc1N1CCN(C(=O)c2ccc(N3CCN(C)C3=O)cc2N2CCN(C)C2=O)CC1. The van der Waals surface area contributed by atoms with Crippen LogP contribution in [-0.2, 0) is 0 Å². The van der Waals surface area contributed by atoms with E-state index in [9.17, 15) is 14.4 Å². The Morgan fingerprint density at radius 1 is 0.842 bits per heavy atom. The number of carbonyl (C=O) groups is 3. The lowest BCUT2D eigenvalue weighted by molar-refractivity contribution is 0.0747. The Bertz CT molecular complexity index is 1290. The van der Waals surface area contributed by atoms with Crippen molar-refractivity contribution in [1.82, 2.24) is 19.7 Å². The molecule has 6 rings (SSSR count). The summed E-state index contributed by atoms with van der Waals surface area (Å²) in [6.45, 7) is 6.99. The molecule has 2 aromatic rings. The maximum absolute atomic E-state index is 13.8. The van der Waals surface area contributed by atoms with Gasteiger partial charge in [0, 0.05) is 78.3 Å². The van der Waals surface area contributed by atoms with Crippen LogP contribution in [0.1, 0.15) is 40.2 Å². The third-order valence-electron chi connectivity index (χ3n) is 8.23. The van der Waals surface area contributed by atoms with Crippen LogP contribution >= 0.6 is 0 Å². The summed E-state index contributed by atoms with van der Waals surface area (Å²) in [6, 6.07) is 7.47. The summed E-state index contributed by atoms with van der Waals surface area (Å²) in [5.74, 6) is 1.58. The van der Waals surface area contributed by atoms with Crippen LogP contribution in [-0.4, -0.2) is 104 Å². The molecule has 10 nitrogen and oxygen atoms in total. The van der Waals surface area contributed by atoms with Gasteiger partial charge in [0.05, 0.1) is 11.3 Å². The molecule has 0 N–H and O–H groups in total. The van der Waals surface area contributed by atoms with Gasteiger partial charge in [-0.25, -0.2) is 14.6 Å². The van der Waals surface area contributed by atoms with Crippen molar-refractivity contribution < 1.29 is 14.4 Å². The number of hydrogen-bond acceptors (Lipinski definition) is 5. The average Bonchev–Trinajstić information content (AvgIpc) is 3.66. The lowest BCUT2D eigenvalue weighted by Crippen LogP contribution is -2.49. The Morgan fingerprint density at radius 3 is 2.08 bits per heavy atom. The minimum absolute atomic E-state index is 0.0786. The number of nitrogens with zero attached hydrogens (tertiary/aromatic N) is 7. The van der Waals surface area contributed by atoms with Crippen LogP contribution in [0.25, 0.3) is 0 Å². The van der Waals surface area contributed by atoms with Gasteiger partial charge in [-0.1, -0.05) is 6.07 Å². The van der Waals surface area contributed by atoms with Gasteiger partial charge in [-0.15, -0.1) is 0 Å². The van der Waals surface area contributed by atoms with Crippen LogP contribution in [0.2, 0.25) is 0 Å². The maximum Gasteiger partial charge on any atom is 0.324 e. The van der Waals surface area contributed by atoms with E-state index in [4.69, 9.17) is 4.98 Å². The second kappa shape index (κ2) is 9.49. The molecule has 1 aromatic carbocycles. The van der Waals surface area contributed by atoms with Gasteiger partial charge in [0.25, 0.3) is 5.91 Å². The summed E-state index contributed by atoms with van der Waals surface area (Å²) in [7, 11) is 3.54. The highest BCUT2D eigenvalue weighted by atomic mass is 16.2. The van der Waals surface area contributed by atoms with Crippen molar-refractivity contribution in [1.29, 1.82) is 0 Å². The molecule has 0 radical (unpaired) electrons. The van der Waals surface area contributed by atoms with Crippen LogP contribution in [0.15, 0.2) is 30.5 Å². The van der Waals surface area contributed by atoms with Crippen molar-refractivity contribution in [3.63, 3.8) is 0 Å². The number of hydrogen-bond donors (Lipinski definition) is 0.